The molecule has 1 N–H and O–H groups in total. The number of carbonyl (C=O) groups excluding carboxylic acids is 1. The van der Waals surface area contributed by atoms with Crippen LogP contribution in [0.3, 0.4) is 0 Å². The van der Waals surface area contributed by atoms with E-state index in [0.717, 1.165) is 21.3 Å². The van der Waals surface area contributed by atoms with Crippen LogP contribution in [0.15, 0.2) is 66.0 Å². The molecule has 0 fully saturated rings. The molecule has 0 saturated heterocycles. The predicted octanol–water partition coefficient (Wildman–Crippen LogP) is 6.12. The van der Waals surface area contributed by atoms with Crippen molar-refractivity contribution in [1.29, 1.82) is 0 Å². The first-order chi connectivity index (χ1) is 14.3. The van der Waals surface area contributed by atoms with Crippen molar-refractivity contribution in [3.63, 3.8) is 0 Å². The lowest BCUT2D eigenvalue weighted by atomic mass is 9.87. The van der Waals surface area contributed by atoms with E-state index in [-0.39, 0.29) is 17.1 Å². The second-order valence-electron chi connectivity index (χ2n) is 8.54. The highest BCUT2D eigenvalue weighted by Crippen LogP contribution is 2.27. The van der Waals surface area contributed by atoms with Crippen LogP contribution in [0.2, 0.25) is 0 Å². The summed E-state index contributed by atoms with van der Waals surface area (Å²) in [5, 5.41) is 5.01. The second-order valence-corrected chi connectivity index (χ2v) is 9.49. The molecule has 2 aromatic heterocycles. The van der Waals surface area contributed by atoms with Gasteiger partial charge in [-0.05, 0) is 51.8 Å². The van der Waals surface area contributed by atoms with Crippen molar-refractivity contribution in [2.24, 2.45) is 0 Å². The average molecular weight is 421 g/mol. The number of amides is 1. The lowest BCUT2D eigenvalue weighted by Crippen LogP contribution is -2.25. The van der Waals surface area contributed by atoms with Gasteiger partial charge in [0.15, 0.2) is 0 Å². The van der Waals surface area contributed by atoms with Crippen LogP contribution in [0.4, 0.5) is 4.39 Å². The SMILES string of the molecule is CC(C)(C)c1ccc(Cn2c(C(=O)NCc3ccc(F)cc3)cc3sccc32)cc1. The zero-order valence-electron chi connectivity index (χ0n) is 17.4. The van der Waals surface area contributed by atoms with Crippen LogP contribution in [0, 0.1) is 5.82 Å². The number of thiophene rings is 1. The van der Waals surface area contributed by atoms with E-state index in [1.807, 2.05) is 11.4 Å². The molecular weight excluding hydrogens is 395 g/mol. The molecule has 0 aliphatic rings. The Bertz CT molecular complexity index is 1160. The quantitative estimate of drug-likeness (QED) is 0.415. The molecule has 0 unspecified atom stereocenters. The van der Waals surface area contributed by atoms with Gasteiger partial charge >= 0.3 is 0 Å². The maximum atomic E-state index is 13.1. The summed E-state index contributed by atoms with van der Waals surface area (Å²) < 4.78 is 16.3. The van der Waals surface area contributed by atoms with Gasteiger partial charge in [-0.15, -0.1) is 11.3 Å². The highest BCUT2D eigenvalue weighted by molar-refractivity contribution is 7.17. The smallest absolute Gasteiger partial charge is 0.268 e. The fourth-order valence-corrected chi connectivity index (χ4v) is 4.33. The van der Waals surface area contributed by atoms with Crippen LogP contribution >= 0.6 is 11.3 Å². The summed E-state index contributed by atoms with van der Waals surface area (Å²) in [5.41, 5.74) is 5.11. The number of hydrogen-bond acceptors (Lipinski definition) is 2. The Morgan fingerprint density at radius 3 is 2.33 bits per heavy atom. The first-order valence-electron chi connectivity index (χ1n) is 10.00. The van der Waals surface area contributed by atoms with E-state index in [9.17, 15) is 9.18 Å². The number of fused-ring (bicyclic) bond motifs is 1. The van der Waals surface area contributed by atoms with Gasteiger partial charge in [0.2, 0.25) is 0 Å². The topological polar surface area (TPSA) is 34.0 Å². The van der Waals surface area contributed by atoms with Gasteiger partial charge in [-0.3, -0.25) is 4.79 Å². The third-order valence-corrected chi connectivity index (χ3v) is 6.14. The summed E-state index contributed by atoms with van der Waals surface area (Å²) in [6.07, 6.45) is 0. The number of hydrogen-bond donors (Lipinski definition) is 1. The molecule has 0 radical (unpaired) electrons. The van der Waals surface area contributed by atoms with E-state index in [4.69, 9.17) is 0 Å². The van der Waals surface area contributed by atoms with E-state index in [1.165, 1.54) is 17.7 Å². The number of carbonyl (C=O) groups is 1. The number of aromatic nitrogens is 1. The van der Waals surface area contributed by atoms with Gasteiger partial charge in [-0.2, -0.15) is 0 Å². The first kappa shape index (κ1) is 20.4. The monoisotopic (exact) mass is 420 g/mol. The van der Waals surface area contributed by atoms with Gasteiger partial charge in [0.05, 0.1) is 10.2 Å². The van der Waals surface area contributed by atoms with Crippen LogP contribution in [0.5, 0.6) is 0 Å². The van der Waals surface area contributed by atoms with Gasteiger partial charge in [0.1, 0.15) is 11.5 Å². The molecule has 4 rings (SSSR count). The summed E-state index contributed by atoms with van der Waals surface area (Å²) in [6, 6.07) is 18.8. The molecule has 0 spiro atoms. The van der Waals surface area contributed by atoms with Crippen molar-refractivity contribution in [3.8, 4) is 0 Å². The van der Waals surface area contributed by atoms with Gasteiger partial charge in [-0.1, -0.05) is 57.2 Å². The fourth-order valence-electron chi connectivity index (χ4n) is 3.50. The third-order valence-electron chi connectivity index (χ3n) is 5.28. The average Bonchev–Trinajstić information content (AvgIpc) is 3.30. The zero-order valence-corrected chi connectivity index (χ0v) is 18.2. The highest BCUT2D eigenvalue weighted by Gasteiger charge is 2.17. The standard InChI is InChI=1S/C25H25FN2OS/c1-25(2,3)19-8-4-18(5-9-19)16-28-21-12-13-30-23(21)14-22(28)24(29)27-15-17-6-10-20(26)11-7-17/h4-14H,15-16H2,1-3H3,(H,27,29). The Labute approximate surface area is 180 Å². The largest absolute Gasteiger partial charge is 0.347 e. The summed E-state index contributed by atoms with van der Waals surface area (Å²) in [7, 11) is 0. The highest BCUT2D eigenvalue weighted by atomic mass is 32.1. The summed E-state index contributed by atoms with van der Waals surface area (Å²) in [6.45, 7) is 7.59. The van der Waals surface area contributed by atoms with Crippen LogP contribution in [0.25, 0.3) is 10.2 Å². The summed E-state index contributed by atoms with van der Waals surface area (Å²) in [4.78, 5) is 12.9. The van der Waals surface area contributed by atoms with Gasteiger partial charge in [0.25, 0.3) is 5.91 Å². The van der Waals surface area contributed by atoms with E-state index in [2.05, 4.69) is 61.0 Å². The molecule has 0 aliphatic carbocycles. The normalized spacial score (nSPS) is 11.7. The molecule has 4 aromatic rings. The fraction of sp³-hybridized carbons (Fsp3) is 0.240. The van der Waals surface area contributed by atoms with Crippen LogP contribution in [0.1, 0.15) is 48.0 Å². The van der Waals surface area contributed by atoms with E-state index >= 15 is 0 Å². The van der Waals surface area contributed by atoms with Gasteiger partial charge < -0.3 is 9.88 Å². The molecule has 0 atom stereocenters. The van der Waals surface area contributed by atoms with E-state index in [1.54, 1.807) is 23.5 Å². The second kappa shape index (κ2) is 8.07. The Hall–Kier alpha value is -2.92. The molecule has 0 bridgehead atoms. The summed E-state index contributed by atoms with van der Waals surface area (Å²) >= 11 is 1.63. The first-order valence-corrected chi connectivity index (χ1v) is 10.9. The Morgan fingerprint density at radius 2 is 1.67 bits per heavy atom. The zero-order chi connectivity index (χ0) is 21.3. The van der Waals surface area contributed by atoms with Crippen molar-refractivity contribution in [1.82, 2.24) is 9.88 Å². The van der Waals surface area contributed by atoms with Crippen molar-refractivity contribution < 1.29 is 9.18 Å². The molecule has 3 nitrogen and oxygen atoms in total. The molecule has 5 heteroatoms. The number of benzene rings is 2. The van der Waals surface area contributed by atoms with Gasteiger partial charge in [0, 0.05) is 13.1 Å². The molecule has 2 heterocycles. The lowest BCUT2D eigenvalue weighted by molar-refractivity contribution is 0.0942. The lowest BCUT2D eigenvalue weighted by Gasteiger charge is -2.19. The van der Waals surface area contributed by atoms with Crippen LogP contribution < -0.4 is 5.32 Å². The van der Waals surface area contributed by atoms with Crippen molar-refractivity contribution in [2.45, 2.75) is 39.3 Å². The molecular formula is C25H25FN2OS. The molecule has 30 heavy (non-hydrogen) atoms. The van der Waals surface area contributed by atoms with Gasteiger partial charge in [-0.25, -0.2) is 4.39 Å². The minimum atomic E-state index is -0.281. The maximum Gasteiger partial charge on any atom is 0.268 e. The van der Waals surface area contributed by atoms with E-state index < -0.39 is 0 Å². The predicted molar refractivity (Wildman–Crippen MR) is 122 cm³/mol. The Balaban J connectivity index is 1.57. The molecule has 2 aromatic carbocycles. The van der Waals surface area contributed by atoms with Crippen LogP contribution in [-0.4, -0.2) is 10.5 Å². The molecule has 154 valence electrons. The number of nitrogens with one attached hydrogen (secondary N) is 1. The Morgan fingerprint density at radius 1 is 1.00 bits per heavy atom. The number of halogens is 1. The minimum absolute atomic E-state index is 0.109. The molecule has 1 amide bonds. The number of rotatable bonds is 5. The molecule has 0 saturated carbocycles. The van der Waals surface area contributed by atoms with E-state index in [0.29, 0.717) is 18.8 Å². The maximum absolute atomic E-state index is 13.1. The number of nitrogens with zero attached hydrogens (tertiary/aromatic N) is 1. The van der Waals surface area contributed by atoms with Crippen molar-refractivity contribution >= 4 is 27.5 Å². The van der Waals surface area contributed by atoms with Crippen molar-refractivity contribution in [3.05, 3.63) is 94.2 Å². The summed E-state index contributed by atoms with van der Waals surface area (Å²) in [5.74, 6) is -0.411. The third kappa shape index (κ3) is 4.31. The van der Waals surface area contributed by atoms with Crippen molar-refractivity contribution in [2.75, 3.05) is 0 Å². The van der Waals surface area contributed by atoms with Crippen LogP contribution in [-0.2, 0) is 18.5 Å². The Kier molecular flexibility index (Phi) is 5.48. The molecule has 0 aliphatic heterocycles. The minimum Gasteiger partial charge on any atom is -0.347 e.